The third-order valence-corrected chi connectivity index (χ3v) is 4.58. The van der Waals surface area contributed by atoms with Crippen molar-refractivity contribution in [3.05, 3.63) is 65.7 Å². The van der Waals surface area contributed by atoms with Gasteiger partial charge in [-0.25, -0.2) is 0 Å². The molecule has 0 aliphatic carbocycles. The minimum Gasteiger partial charge on any atom is -0.456 e. The van der Waals surface area contributed by atoms with Crippen LogP contribution in [0.5, 0.6) is 0 Å². The normalized spacial score (nSPS) is 12.9. The van der Waals surface area contributed by atoms with Gasteiger partial charge in [0, 0.05) is 5.69 Å². The summed E-state index contributed by atoms with van der Waals surface area (Å²) in [6.07, 6.45) is 1.32. The van der Waals surface area contributed by atoms with Gasteiger partial charge in [-0.2, -0.15) is 0 Å². The van der Waals surface area contributed by atoms with Crippen molar-refractivity contribution in [3.8, 4) is 0 Å². The van der Waals surface area contributed by atoms with Gasteiger partial charge in [0.1, 0.15) is 0 Å². The molecule has 0 fully saturated rings. The second kappa shape index (κ2) is 9.76. The van der Waals surface area contributed by atoms with E-state index in [1.165, 1.54) is 5.56 Å². The Hall–Kier alpha value is -2.62. The van der Waals surface area contributed by atoms with Crippen LogP contribution >= 0.6 is 0 Å². The van der Waals surface area contributed by atoms with Gasteiger partial charge >= 0.3 is 5.97 Å². The van der Waals surface area contributed by atoms with Crippen LogP contribution in [0, 0.1) is 0 Å². The first kappa shape index (κ1) is 19.7. The standard InChI is InChI=1S/C22H27NO3/c1-4-16(2)19-10-12-20(13-11-19)23-21(24)15-26-22(25)14-17(3)18-8-6-5-7-9-18/h5-13,16-17H,4,14-15H2,1-3H3,(H,23,24)/t16-,17-/m0/s1. The first-order valence-corrected chi connectivity index (χ1v) is 9.10. The van der Waals surface area contributed by atoms with Crippen LogP contribution in [0.25, 0.3) is 0 Å². The molecule has 4 heteroatoms. The first-order valence-electron chi connectivity index (χ1n) is 9.10. The molecule has 138 valence electrons. The molecule has 4 nitrogen and oxygen atoms in total. The topological polar surface area (TPSA) is 55.4 Å². The van der Waals surface area contributed by atoms with Gasteiger partial charge in [-0.15, -0.1) is 0 Å². The van der Waals surface area contributed by atoms with Crippen LogP contribution in [0.4, 0.5) is 5.69 Å². The summed E-state index contributed by atoms with van der Waals surface area (Å²) in [6, 6.07) is 17.6. The number of nitrogens with one attached hydrogen (secondary N) is 1. The minimum atomic E-state index is -0.372. The van der Waals surface area contributed by atoms with Crippen molar-refractivity contribution in [1.29, 1.82) is 0 Å². The number of anilines is 1. The van der Waals surface area contributed by atoms with Gasteiger partial charge in [0.2, 0.25) is 0 Å². The number of carbonyl (C=O) groups is 2. The van der Waals surface area contributed by atoms with Gasteiger partial charge in [-0.1, -0.05) is 63.2 Å². The van der Waals surface area contributed by atoms with Gasteiger partial charge in [-0.3, -0.25) is 9.59 Å². The average Bonchev–Trinajstić information content (AvgIpc) is 2.67. The fourth-order valence-corrected chi connectivity index (χ4v) is 2.68. The lowest BCUT2D eigenvalue weighted by Crippen LogP contribution is -2.21. The summed E-state index contributed by atoms with van der Waals surface area (Å²) in [5.74, 6) is -0.155. The summed E-state index contributed by atoms with van der Waals surface area (Å²) >= 11 is 0. The Morgan fingerprint density at radius 2 is 1.54 bits per heavy atom. The van der Waals surface area contributed by atoms with Gasteiger partial charge in [-0.05, 0) is 41.5 Å². The predicted octanol–water partition coefficient (Wildman–Crippen LogP) is 4.88. The van der Waals surface area contributed by atoms with Crippen LogP contribution in [-0.2, 0) is 14.3 Å². The molecule has 0 unspecified atom stereocenters. The van der Waals surface area contributed by atoms with Crippen molar-refractivity contribution in [2.75, 3.05) is 11.9 Å². The third kappa shape index (κ3) is 6.03. The largest absolute Gasteiger partial charge is 0.456 e. The van der Waals surface area contributed by atoms with E-state index in [-0.39, 0.29) is 30.8 Å². The quantitative estimate of drug-likeness (QED) is 0.689. The highest BCUT2D eigenvalue weighted by Gasteiger charge is 2.14. The first-order chi connectivity index (χ1) is 12.5. The van der Waals surface area contributed by atoms with Gasteiger partial charge in [0.25, 0.3) is 5.91 Å². The number of amides is 1. The van der Waals surface area contributed by atoms with Crippen molar-refractivity contribution in [2.45, 2.75) is 45.4 Å². The SMILES string of the molecule is CC[C@H](C)c1ccc(NC(=O)COC(=O)C[C@H](C)c2ccccc2)cc1. The molecule has 2 aromatic rings. The maximum atomic E-state index is 12.0. The number of hydrogen-bond acceptors (Lipinski definition) is 3. The van der Waals surface area contributed by atoms with E-state index in [0.717, 1.165) is 12.0 Å². The molecule has 1 N–H and O–H groups in total. The number of benzene rings is 2. The highest BCUT2D eigenvalue weighted by Crippen LogP contribution is 2.21. The van der Waals surface area contributed by atoms with Crippen molar-refractivity contribution in [1.82, 2.24) is 0 Å². The Labute approximate surface area is 155 Å². The summed E-state index contributed by atoms with van der Waals surface area (Å²) in [7, 11) is 0. The molecule has 0 aromatic heterocycles. The van der Waals surface area contributed by atoms with Gasteiger partial charge in [0.15, 0.2) is 6.61 Å². The zero-order valence-electron chi connectivity index (χ0n) is 15.7. The van der Waals surface area contributed by atoms with E-state index in [9.17, 15) is 9.59 Å². The lowest BCUT2D eigenvalue weighted by atomic mass is 9.98. The molecular formula is C22H27NO3. The Balaban J connectivity index is 1.76. The Bertz CT molecular complexity index is 710. The number of ether oxygens (including phenoxy) is 1. The molecule has 0 saturated carbocycles. The van der Waals surface area contributed by atoms with Crippen LogP contribution in [0.2, 0.25) is 0 Å². The molecule has 0 saturated heterocycles. The van der Waals surface area contributed by atoms with E-state index in [0.29, 0.717) is 11.6 Å². The van der Waals surface area contributed by atoms with Gasteiger partial charge < -0.3 is 10.1 Å². The van der Waals surface area contributed by atoms with E-state index in [2.05, 4.69) is 19.2 Å². The van der Waals surface area contributed by atoms with Crippen LogP contribution in [0.15, 0.2) is 54.6 Å². The van der Waals surface area contributed by atoms with Crippen LogP contribution in [0.3, 0.4) is 0 Å². The molecule has 0 bridgehead atoms. The van der Waals surface area contributed by atoms with E-state index in [1.54, 1.807) is 0 Å². The number of carbonyl (C=O) groups excluding carboxylic acids is 2. The Kier molecular flexibility index (Phi) is 7.39. The van der Waals surface area contributed by atoms with E-state index >= 15 is 0 Å². The maximum absolute atomic E-state index is 12.0. The summed E-state index contributed by atoms with van der Waals surface area (Å²) in [5.41, 5.74) is 3.03. The third-order valence-electron chi connectivity index (χ3n) is 4.58. The monoisotopic (exact) mass is 353 g/mol. The van der Waals surface area contributed by atoms with Crippen molar-refractivity contribution < 1.29 is 14.3 Å². The lowest BCUT2D eigenvalue weighted by molar-refractivity contribution is -0.147. The summed E-state index contributed by atoms with van der Waals surface area (Å²) in [6.45, 7) is 6.01. The summed E-state index contributed by atoms with van der Waals surface area (Å²) in [5, 5.41) is 2.75. The number of esters is 1. The molecule has 0 heterocycles. The lowest BCUT2D eigenvalue weighted by Gasteiger charge is -2.12. The Morgan fingerprint density at radius 3 is 2.15 bits per heavy atom. The number of hydrogen-bond donors (Lipinski definition) is 1. The summed E-state index contributed by atoms with van der Waals surface area (Å²) < 4.78 is 5.10. The molecule has 0 aliphatic rings. The molecule has 2 atom stereocenters. The molecule has 2 aromatic carbocycles. The maximum Gasteiger partial charge on any atom is 0.306 e. The van der Waals surface area contributed by atoms with Crippen LogP contribution in [0.1, 0.15) is 56.6 Å². The molecule has 0 spiro atoms. The van der Waals surface area contributed by atoms with Crippen molar-refractivity contribution >= 4 is 17.6 Å². The average molecular weight is 353 g/mol. The van der Waals surface area contributed by atoms with Crippen LogP contribution < -0.4 is 5.32 Å². The molecule has 0 aliphatic heterocycles. The molecular weight excluding hydrogens is 326 g/mol. The van der Waals surface area contributed by atoms with E-state index < -0.39 is 0 Å². The minimum absolute atomic E-state index is 0.0554. The van der Waals surface area contributed by atoms with E-state index in [1.807, 2.05) is 61.5 Å². The van der Waals surface area contributed by atoms with Crippen molar-refractivity contribution in [3.63, 3.8) is 0 Å². The molecule has 26 heavy (non-hydrogen) atoms. The zero-order valence-corrected chi connectivity index (χ0v) is 15.7. The zero-order chi connectivity index (χ0) is 18.9. The predicted molar refractivity (Wildman–Crippen MR) is 104 cm³/mol. The molecule has 2 rings (SSSR count). The number of rotatable bonds is 8. The smallest absolute Gasteiger partial charge is 0.306 e. The van der Waals surface area contributed by atoms with E-state index in [4.69, 9.17) is 4.74 Å². The fourth-order valence-electron chi connectivity index (χ4n) is 2.68. The molecule has 1 amide bonds. The van der Waals surface area contributed by atoms with Crippen molar-refractivity contribution in [2.24, 2.45) is 0 Å². The highest BCUT2D eigenvalue weighted by molar-refractivity contribution is 5.92. The highest BCUT2D eigenvalue weighted by atomic mass is 16.5. The Morgan fingerprint density at radius 1 is 0.923 bits per heavy atom. The fraction of sp³-hybridized carbons (Fsp3) is 0.364. The molecule has 0 radical (unpaired) electrons. The van der Waals surface area contributed by atoms with Crippen LogP contribution in [-0.4, -0.2) is 18.5 Å². The second-order valence-corrected chi connectivity index (χ2v) is 6.66. The van der Waals surface area contributed by atoms with Gasteiger partial charge in [0.05, 0.1) is 6.42 Å². The second-order valence-electron chi connectivity index (χ2n) is 6.66. The summed E-state index contributed by atoms with van der Waals surface area (Å²) in [4.78, 5) is 23.9.